The van der Waals surface area contributed by atoms with Gasteiger partial charge in [0, 0.05) is 12.1 Å². The van der Waals surface area contributed by atoms with Gasteiger partial charge in [-0.2, -0.15) is 0 Å². The van der Waals surface area contributed by atoms with Gasteiger partial charge in [-0.25, -0.2) is 13.6 Å². The van der Waals surface area contributed by atoms with Crippen molar-refractivity contribution in [3.8, 4) is 0 Å². The Labute approximate surface area is 119 Å². The summed E-state index contributed by atoms with van der Waals surface area (Å²) >= 11 is 0. The molecule has 1 aromatic rings. The smallest absolute Gasteiger partial charge is 0.251 e. The molecule has 0 bridgehead atoms. The molecule has 5 nitrogen and oxygen atoms in total. The summed E-state index contributed by atoms with van der Waals surface area (Å²) in [6, 6.07) is 5.79. The third-order valence-corrected chi connectivity index (χ3v) is 4.90. The molecule has 1 aliphatic carbocycles. The summed E-state index contributed by atoms with van der Waals surface area (Å²) in [4.78, 5) is 12.0. The van der Waals surface area contributed by atoms with Crippen LogP contribution in [0.5, 0.6) is 0 Å². The Kier molecular flexibility index (Phi) is 4.45. The van der Waals surface area contributed by atoms with E-state index in [9.17, 15) is 13.2 Å². The Morgan fingerprint density at radius 3 is 2.75 bits per heavy atom. The second-order valence-corrected chi connectivity index (χ2v) is 7.01. The summed E-state index contributed by atoms with van der Waals surface area (Å²) in [5.41, 5.74) is 0.321. The Bertz CT molecular complexity index is 598. The average Bonchev–Trinajstić information content (AvgIpc) is 2.81. The number of carbonyl (C=O) groups is 1. The highest BCUT2D eigenvalue weighted by Crippen LogP contribution is 2.30. The van der Waals surface area contributed by atoms with Crippen molar-refractivity contribution in [1.82, 2.24) is 5.32 Å². The first kappa shape index (κ1) is 15.0. The number of hydrogen-bond acceptors (Lipinski definition) is 3. The molecule has 0 heterocycles. The summed E-state index contributed by atoms with van der Waals surface area (Å²) in [6.45, 7) is 2.84. The van der Waals surface area contributed by atoms with E-state index in [1.165, 1.54) is 31.0 Å². The molecule has 2 atom stereocenters. The third-order valence-electron chi connectivity index (χ3n) is 3.99. The molecule has 0 spiro atoms. The lowest BCUT2D eigenvalue weighted by molar-refractivity contribution is 0.0944. The number of benzene rings is 1. The minimum absolute atomic E-state index is 0.0422. The zero-order valence-electron chi connectivity index (χ0n) is 11.5. The van der Waals surface area contributed by atoms with E-state index in [2.05, 4.69) is 12.2 Å². The van der Waals surface area contributed by atoms with Crippen LogP contribution in [-0.2, 0) is 10.0 Å². The number of nitrogens with one attached hydrogen (secondary N) is 1. The second kappa shape index (κ2) is 5.93. The maximum Gasteiger partial charge on any atom is 0.251 e. The highest BCUT2D eigenvalue weighted by Gasteiger charge is 2.23. The van der Waals surface area contributed by atoms with E-state index in [0.717, 1.165) is 6.42 Å². The molecule has 3 N–H and O–H groups in total. The first-order chi connectivity index (χ1) is 9.38. The van der Waals surface area contributed by atoms with Gasteiger partial charge < -0.3 is 5.32 Å². The molecule has 2 unspecified atom stereocenters. The van der Waals surface area contributed by atoms with Crippen LogP contribution in [0, 0.1) is 11.8 Å². The molecular formula is C14H20N2O3S. The van der Waals surface area contributed by atoms with Crippen LogP contribution in [0.3, 0.4) is 0 Å². The van der Waals surface area contributed by atoms with E-state index < -0.39 is 10.0 Å². The van der Waals surface area contributed by atoms with Crippen molar-refractivity contribution >= 4 is 15.9 Å². The zero-order valence-corrected chi connectivity index (χ0v) is 12.3. The van der Waals surface area contributed by atoms with Crippen molar-refractivity contribution in [2.45, 2.75) is 31.1 Å². The van der Waals surface area contributed by atoms with Gasteiger partial charge in [-0.1, -0.05) is 25.8 Å². The molecule has 20 heavy (non-hydrogen) atoms. The number of amides is 1. The van der Waals surface area contributed by atoms with Crippen LogP contribution in [0.25, 0.3) is 0 Å². The molecule has 0 saturated heterocycles. The fourth-order valence-electron chi connectivity index (χ4n) is 2.67. The molecule has 110 valence electrons. The standard InChI is InChI=1S/C14H20N2O3S/c1-10-4-2-6-12(10)9-16-14(17)11-5-3-7-13(8-11)20(15,18)19/h3,5,7-8,10,12H,2,4,6,9H2,1H3,(H,16,17)(H2,15,18,19). The summed E-state index contributed by atoms with van der Waals surface area (Å²) in [6.07, 6.45) is 3.56. The second-order valence-electron chi connectivity index (χ2n) is 5.45. The molecule has 2 rings (SSSR count). The lowest BCUT2D eigenvalue weighted by atomic mass is 9.98. The van der Waals surface area contributed by atoms with E-state index in [1.807, 2.05) is 0 Å². The van der Waals surface area contributed by atoms with Crippen LogP contribution in [0.4, 0.5) is 0 Å². The molecule has 1 amide bonds. The Balaban J connectivity index is 2.02. The van der Waals surface area contributed by atoms with Gasteiger partial charge in [0.05, 0.1) is 4.90 Å². The van der Waals surface area contributed by atoms with Crippen LogP contribution in [0.15, 0.2) is 29.2 Å². The van der Waals surface area contributed by atoms with Crippen molar-refractivity contribution in [1.29, 1.82) is 0 Å². The summed E-state index contributed by atoms with van der Waals surface area (Å²) in [7, 11) is -3.78. The molecule has 0 radical (unpaired) electrons. The minimum atomic E-state index is -3.78. The van der Waals surface area contributed by atoms with Crippen molar-refractivity contribution in [2.75, 3.05) is 6.54 Å². The molecule has 0 aliphatic heterocycles. The van der Waals surface area contributed by atoms with Gasteiger partial charge in [-0.05, 0) is 36.5 Å². The van der Waals surface area contributed by atoms with Crippen molar-refractivity contribution in [2.24, 2.45) is 17.0 Å². The molecule has 1 aromatic carbocycles. The normalized spacial score (nSPS) is 22.7. The highest BCUT2D eigenvalue weighted by atomic mass is 32.2. The van der Waals surface area contributed by atoms with Gasteiger partial charge >= 0.3 is 0 Å². The first-order valence-electron chi connectivity index (χ1n) is 6.79. The van der Waals surface area contributed by atoms with Crippen molar-refractivity contribution in [3.05, 3.63) is 29.8 Å². The molecular weight excluding hydrogens is 276 g/mol. The largest absolute Gasteiger partial charge is 0.352 e. The Hall–Kier alpha value is -1.40. The van der Waals surface area contributed by atoms with Crippen LogP contribution in [-0.4, -0.2) is 20.9 Å². The predicted octanol–water partition coefficient (Wildman–Crippen LogP) is 1.50. The monoisotopic (exact) mass is 296 g/mol. The molecule has 1 aliphatic rings. The molecule has 1 fully saturated rings. The quantitative estimate of drug-likeness (QED) is 0.882. The molecule has 0 aromatic heterocycles. The summed E-state index contributed by atoms with van der Waals surface area (Å²) in [5.74, 6) is 0.890. The van der Waals surface area contributed by atoms with Gasteiger partial charge in [-0.15, -0.1) is 0 Å². The van der Waals surface area contributed by atoms with E-state index >= 15 is 0 Å². The number of sulfonamides is 1. The van der Waals surface area contributed by atoms with Crippen LogP contribution in [0.1, 0.15) is 36.5 Å². The minimum Gasteiger partial charge on any atom is -0.352 e. The van der Waals surface area contributed by atoms with Gasteiger partial charge in [0.15, 0.2) is 0 Å². The van der Waals surface area contributed by atoms with E-state index in [1.54, 1.807) is 6.07 Å². The van der Waals surface area contributed by atoms with Gasteiger partial charge in [0.25, 0.3) is 5.91 Å². The van der Waals surface area contributed by atoms with E-state index in [-0.39, 0.29) is 10.8 Å². The maximum absolute atomic E-state index is 12.0. The Morgan fingerprint density at radius 2 is 2.15 bits per heavy atom. The Morgan fingerprint density at radius 1 is 1.40 bits per heavy atom. The van der Waals surface area contributed by atoms with Crippen LogP contribution < -0.4 is 10.5 Å². The van der Waals surface area contributed by atoms with Gasteiger partial charge in [-0.3, -0.25) is 4.79 Å². The fraction of sp³-hybridized carbons (Fsp3) is 0.500. The van der Waals surface area contributed by atoms with E-state index in [4.69, 9.17) is 5.14 Å². The van der Waals surface area contributed by atoms with Gasteiger partial charge in [0.2, 0.25) is 10.0 Å². The van der Waals surface area contributed by atoms with E-state index in [0.29, 0.717) is 23.9 Å². The fourth-order valence-corrected chi connectivity index (χ4v) is 3.23. The SMILES string of the molecule is CC1CCCC1CNC(=O)c1cccc(S(N)(=O)=O)c1. The molecule has 6 heteroatoms. The summed E-state index contributed by atoms with van der Waals surface area (Å²) in [5, 5.41) is 7.93. The number of hydrogen-bond donors (Lipinski definition) is 2. The van der Waals surface area contributed by atoms with Crippen LogP contribution >= 0.6 is 0 Å². The lowest BCUT2D eigenvalue weighted by Gasteiger charge is -2.16. The van der Waals surface area contributed by atoms with Crippen molar-refractivity contribution < 1.29 is 13.2 Å². The average molecular weight is 296 g/mol. The highest BCUT2D eigenvalue weighted by molar-refractivity contribution is 7.89. The topological polar surface area (TPSA) is 89.3 Å². The number of nitrogens with two attached hydrogens (primary N) is 1. The number of carbonyl (C=O) groups excluding carboxylic acids is 1. The third kappa shape index (κ3) is 3.58. The van der Waals surface area contributed by atoms with Crippen LogP contribution in [0.2, 0.25) is 0 Å². The van der Waals surface area contributed by atoms with Crippen molar-refractivity contribution in [3.63, 3.8) is 0 Å². The lowest BCUT2D eigenvalue weighted by Crippen LogP contribution is -2.30. The summed E-state index contributed by atoms with van der Waals surface area (Å²) < 4.78 is 22.5. The first-order valence-corrected chi connectivity index (χ1v) is 8.33. The molecule has 1 saturated carbocycles. The number of primary sulfonamides is 1. The zero-order chi connectivity index (χ0) is 14.8. The predicted molar refractivity (Wildman–Crippen MR) is 76.7 cm³/mol. The van der Waals surface area contributed by atoms with Gasteiger partial charge in [0.1, 0.15) is 0 Å². The number of rotatable bonds is 4. The maximum atomic E-state index is 12.0.